The summed E-state index contributed by atoms with van der Waals surface area (Å²) in [5.41, 5.74) is 1.18. The lowest BCUT2D eigenvalue weighted by Gasteiger charge is -2.21. The van der Waals surface area contributed by atoms with Gasteiger partial charge in [0.1, 0.15) is 0 Å². The highest BCUT2D eigenvalue weighted by Crippen LogP contribution is 2.12. The summed E-state index contributed by atoms with van der Waals surface area (Å²) in [7, 11) is 1.61. The van der Waals surface area contributed by atoms with Crippen molar-refractivity contribution in [2.75, 3.05) is 13.8 Å². The van der Waals surface area contributed by atoms with Crippen molar-refractivity contribution < 1.29 is 4.84 Å². The van der Waals surface area contributed by atoms with E-state index in [0.717, 1.165) is 0 Å². The number of hydroxylamine groups is 1. The number of hydrazine groups is 1. The minimum Gasteiger partial charge on any atom is -0.280 e. The third-order valence-electron chi connectivity index (χ3n) is 1.99. The lowest BCUT2D eigenvalue weighted by Crippen LogP contribution is -2.33. The van der Waals surface area contributed by atoms with Gasteiger partial charge in [-0.05, 0) is 5.56 Å². The average molecular weight is 192 g/mol. The fourth-order valence-electron chi connectivity index (χ4n) is 1.28. The largest absolute Gasteiger partial charge is 0.280 e. The maximum atomic E-state index is 5.07. The van der Waals surface area contributed by atoms with Gasteiger partial charge in [-0.3, -0.25) is 4.84 Å². The van der Waals surface area contributed by atoms with Gasteiger partial charge in [0, 0.05) is 0 Å². The van der Waals surface area contributed by atoms with E-state index in [2.05, 4.69) is 10.3 Å². The minimum atomic E-state index is 0.462. The molecule has 0 radical (unpaired) electrons. The third kappa shape index (κ3) is 1.89. The number of hydrogen-bond donors (Lipinski definition) is 0. The fourth-order valence-corrected chi connectivity index (χ4v) is 1.28. The van der Waals surface area contributed by atoms with Crippen LogP contribution >= 0.6 is 0 Å². The first-order valence-electron chi connectivity index (χ1n) is 4.40. The van der Waals surface area contributed by atoms with E-state index in [1.54, 1.807) is 17.4 Å². The van der Waals surface area contributed by atoms with Crippen LogP contribution in [-0.2, 0) is 11.4 Å². The Hall–Kier alpha value is -1.46. The van der Waals surface area contributed by atoms with Gasteiger partial charge in [-0.2, -0.15) is 5.12 Å². The van der Waals surface area contributed by atoms with E-state index in [4.69, 9.17) is 4.84 Å². The number of benzene rings is 1. The Morgan fingerprint density at radius 2 is 2.14 bits per heavy atom. The van der Waals surface area contributed by atoms with Crippen molar-refractivity contribution >= 4 is 0 Å². The highest BCUT2D eigenvalue weighted by Gasteiger charge is 2.18. The second-order valence-electron chi connectivity index (χ2n) is 2.92. The molecule has 1 aromatic carbocycles. The van der Waals surface area contributed by atoms with Crippen LogP contribution in [0.4, 0.5) is 0 Å². The lowest BCUT2D eigenvalue weighted by atomic mass is 10.2. The molecule has 0 bridgehead atoms. The Bertz CT molecular complexity index is 314. The van der Waals surface area contributed by atoms with Gasteiger partial charge in [0.15, 0.2) is 6.67 Å². The molecule has 1 aliphatic heterocycles. The second-order valence-corrected chi connectivity index (χ2v) is 2.92. The van der Waals surface area contributed by atoms with Gasteiger partial charge in [0.25, 0.3) is 0 Å². The maximum Gasteiger partial charge on any atom is 0.160 e. The van der Waals surface area contributed by atoms with Crippen molar-refractivity contribution in [3.63, 3.8) is 0 Å². The van der Waals surface area contributed by atoms with Crippen molar-refractivity contribution in [2.45, 2.75) is 6.54 Å². The van der Waals surface area contributed by atoms with E-state index in [-0.39, 0.29) is 0 Å². The standard InChI is InChI=1S/C9H12N4O/c1-14-13-8-10-11-12(13)7-9-5-3-2-4-6-9/h2-6H,7-8H2,1H3. The molecule has 5 nitrogen and oxygen atoms in total. The molecule has 0 saturated heterocycles. The normalized spacial score (nSPS) is 16.5. The molecule has 0 saturated carbocycles. The Morgan fingerprint density at radius 1 is 1.36 bits per heavy atom. The minimum absolute atomic E-state index is 0.462. The maximum absolute atomic E-state index is 5.07. The van der Waals surface area contributed by atoms with Gasteiger partial charge >= 0.3 is 0 Å². The second kappa shape index (κ2) is 4.17. The van der Waals surface area contributed by atoms with E-state index in [1.165, 1.54) is 5.56 Å². The molecule has 1 heterocycles. The van der Waals surface area contributed by atoms with E-state index >= 15 is 0 Å². The van der Waals surface area contributed by atoms with Crippen molar-refractivity contribution in [1.82, 2.24) is 10.3 Å². The van der Waals surface area contributed by atoms with Crippen LogP contribution in [0.3, 0.4) is 0 Å². The molecular formula is C9H12N4O. The predicted molar refractivity (Wildman–Crippen MR) is 50.6 cm³/mol. The first-order valence-corrected chi connectivity index (χ1v) is 4.40. The quantitative estimate of drug-likeness (QED) is 0.730. The number of hydrogen-bond acceptors (Lipinski definition) is 5. The third-order valence-corrected chi connectivity index (χ3v) is 1.99. The molecule has 14 heavy (non-hydrogen) atoms. The van der Waals surface area contributed by atoms with Crippen LogP contribution in [0, 0.1) is 0 Å². The monoisotopic (exact) mass is 192 g/mol. The van der Waals surface area contributed by atoms with Crippen LogP contribution < -0.4 is 0 Å². The highest BCUT2D eigenvalue weighted by molar-refractivity contribution is 5.14. The molecule has 0 unspecified atom stereocenters. The molecule has 0 spiro atoms. The Kier molecular flexibility index (Phi) is 2.71. The number of rotatable bonds is 3. The SMILES string of the molecule is CON1CN=NN1Cc1ccccc1. The predicted octanol–water partition coefficient (Wildman–Crippen LogP) is 1.61. The zero-order valence-corrected chi connectivity index (χ0v) is 8.00. The van der Waals surface area contributed by atoms with Crippen LogP contribution in [0.5, 0.6) is 0 Å². The zero-order chi connectivity index (χ0) is 9.80. The summed E-state index contributed by atoms with van der Waals surface area (Å²) in [5.74, 6) is 0. The molecule has 2 rings (SSSR count). The van der Waals surface area contributed by atoms with Gasteiger partial charge in [-0.1, -0.05) is 40.7 Å². The van der Waals surface area contributed by atoms with Crippen molar-refractivity contribution in [1.29, 1.82) is 0 Å². The van der Waals surface area contributed by atoms with Crippen molar-refractivity contribution in [3.8, 4) is 0 Å². The average Bonchev–Trinajstić information content (AvgIpc) is 2.67. The van der Waals surface area contributed by atoms with Gasteiger partial charge < -0.3 is 0 Å². The molecule has 74 valence electrons. The van der Waals surface area contributed by atoms with Gasteiger partial charge in [0.2, 0.25) is 0 Å². The summed E-state index contributed by atoms with van der Waals surface area (Å²) in [5, 5.41) is 11.1. The molecular weight excluding hydrogens is 180 g/mol. The fraction of sp³-hybridized carbons (Fsp3) is 0.333. The lowest BCUT2D eigenvalue weighted by molar-refractivity contribution is -0.254. The Balaban J connectivity index is 2.01. The van der Waals surface area contributed by atoms with Crippen LogP contribution in [0.15, 0.2) is 40.7 Å². The van der Waals surface area contributed by atoms with E-state index in [0.29, 0.717) is 13.2 Å². The smallest absolute Gasteiger partial charge is 0.160 e. The first-order chi connectivity index (χ1) is 6.90. The summed E-state index contributed by atoms with van der Waals surface area (Å²) >= 11 is 0. The summed E-state index contributed by atoms with van der Waals surface area (Å²) in [6, 6.07) is 10.1. The first kappa shape index (κ1) is 9.11. The van der Waals surface area contributed by atoms with E-state index < -0.39 is 0 Å². The molecule has 1 aromatic rings. The van der Waals surface area contributed by atoms with E-state index in [1.807, 2.05) is 30.3 Å². The Labute approximate surface area is 82.5 Å². The topological polar surface area (TPSA) is 40.4 Å². The van der Waals surface area contributed by atoms with Crippen molar-refractivity contribution in [2.24, 2.45) is 10.3 Å². The van der Waals surface area contributed by atoms with Crippen LogP contribution in [-0.4, -0.2) is 24.1 Å². The summed E-state index contributed by atoms with van der Waals surface area (Å²) in [6.07, 6.45) is 0. The molecule has 1 aliphatic rings. The molecule has 0 aliphatic carbocycles. The summed E-state index contributed by atoms with van der Waals surface area (Å²) in [6.45, 7) is 1.14. The molecule has 0 N–H and O–H groups in total. The zero-order valence-electron chi connectivity index (χ0n) is 8.00. The molecule has 0 amide bonds. The molecule has 0 fully saturated rings. The molecule has 0 aromatic heterocycles. The number of nitrogens with zero attached hydrogens (tertiary/aromatic N) is 4. The highest BCUT2D eigenvalue weighted by atomic mass is 16.7. The van der Waals surface area contributed by atoms with Crippen LogP contribution in [0.2, 0.25) is 0 Å². The molecule has 0 atom stereocenters. The van der Waals surface area contributed by atoms with Crippen molar-refractivity contribution in [3.05, 3.63) is 35.9 Å². The van der Waals surface area contributed by atoms with Crippen LogP contribution in [0.25, 0.3) is 0 Å². The van der Waals surface area contributed by atoms with Gasteiger partial charge in [-0.15, -0.1) is 5.11 Å². The van der Waals surface area contributed by atoms with Gasteiger partial charge in [-0.25, -0.2) is 0 Å². The van der Waals surface area contributed by atoms with Gasteiger partial charge in [0.05, 0.1) is 13.7 Å². The Morgan fingerprint density at radius 3 is 2.86 bits per heavy atom. The van der Waals surface area contributed by atoms with E-state index in [9.17, 15) is 0 Å². The molecule has 5 heteroatoms. The van der Waals surface area contributed by atoms with Crippen LogP contribution in [0.1, 0.15) is 5.56 Å². The summed E-state index contributed by atoms with van der Waals surface area (Å²) in [4.78, 5) is 5.07. The summed E-state index contributed by atoms with van der Waals surface area (Å²) < 4.78 is 0.